The van der Waals surface area contributed by atoms with Crippen molar-refractivity contribution in [1.29, 1.82) is 0 Å². The van der Waals surface area contributed by atoms with Gasteiger partial charge in [0.2, 0.25) is 0 Å². The first-order valence-electron chi connectivity index (χ1n) is 6.61. The molecular formula is C14H19NO4S. The molecule has 0 spiro atoms. The van der Waals surface area contributed by atoms with Crippen LogP contribution in [0.4, 0.5) is 5.69 Å². The summed E-state index contributed by atoms with van der Waals surface area (Å²) in [5.41, 5.74) is 1.60. The van der Waals surface area contributed by atoms with Gasteiger partial charge in [-0.3, -0.25) is 4.79 Å². The summed E-state index contributed by atoms with van der Waals surface area (Å²) >= 11 is 0. The van der Waals surface area contributed by atoms with Gasteiger partial charge in [0.05, 0.1) is 11.0 Å². The Kier molecular flexibility index (Phi) is 4.04. The number of sulfone groups is 1. The Morgan fingerprint density at radius 1 is 1.40 bits per heavy atom. The number of rotatable bonds is 5. The average Bonchev–Trinajstić information content (AvgIpc) is 2.75. The first kappa shape index (κ1) is 14.8. The molecule has 2 rings (SSSR count). The monoisotopic (exact) mass is 297 g/mol. The third kappa shape index (κ3) is 2.80. The Bertz CT molecular complexity index is 609. The Labute approximate surface area is 119 Å². The van der Waals surface area contributed by atoms with Gasteiger partial charge in [0, 0.05) is 18.8 Å². The summed E-state index contributed by atoms with van der Waals surface area (Å²) in [6.07, 6.45) is 0. The molecule has 1 unspecified atom stereocenters. The van der Waals surface area contributed by atoms with Crippen molar-refractivity contribution < 1.29 is 18.3 Å². The van der Waals surface area contributed by atoms with E-state index in [9.17, 15) is 18.3 Å². The fourth-order valence-corrected chi connectivity index (χ4v) is 3.33. The number of carboxylic acids is 1. The second kappa shape index (κ2) is 5.44. The molecule has 1 aliphatic rings. The second-order valence-corrected chi connectivity index (χ2v) is 7.99. The molecule has 0 aromatic heterocycles. The Hall–Kier alpha value is -1.56. The zero-order chi connectivity index (χ0) is 14.9. The molecule has 1 aromatic rings. The van der Waals surface area contributed by atoms with Crippen molar-refractivity contribution in [2.75, 3.05) is 23.7 Å². The zero-order valence-electron chi connectivity index (χ0n) is 11.6. The average molecular weight is 297 g/mol. The van der Waals surface area contributed by atoms with Crippen LogP contribution < -0.4 is 4.90 Å². The molecule has 0 aliphatic carbocycles. The highest BCUT2D eigenvalue weighted by atomic mass is 32.2. The molecule has 0 fully saturated rings. The number of carboxylic acid groups (broad SMARTS) is 1. The summed E-state index contributed by atoms with van der Waals surface area (Å²) < 4.78 is 23.7. The molecule has 1 aromatic carbocycles. The van der Waals surface area contributed by atoms with Crippen LogP contribution in [0.25, 0.3) is 0 Å². The van der Waals surface area contributed by atoms with E-state index in [1.54, 1.807) is 19.9 Å². The lowest BCUT2D eigenvalue weighted by Crippen LogP contribution is -2.32. The number of aliphatic carboxylic acids is 1. The molecule has 6 heteroatoms. The van der Waals surface area contributed by atoms with Crippen LogP contribution in [0.5, 0.6) is 0 Å². The number of carbonyl (C=O) groups is 1. The molecule has 1 atom stereocenters. The highest BCUT2D eigenvalue weighted by Crippen LogP contribution is 2.35. The smallest absolute Gasteiger partial charge is 0.312 e. The highest BCUT2D eigenvalue weighted by Gasteiger charge is 2.33. The van der Waals surface area contributed by atoms with Crippen molar-refractivity contribution in [3.63, 3.8) is 0 Å². The second-order valence-electron chi connectivity index (χ2n) is 5.31. The summed E-state index contributed by atoms with van der Waals surface area (Å²) in [4.78, 5) is 13.1. The summed E-state index contributed by atoms with van der Waals surface area (Å²) in [6, 6.07) is 7.29. The molecule has 1 N–H and O–H groups in total. The number of fused-ring (bicyclic) bond motifs is 1. The fraction of sp³-hybridized carbons (Fsp3) is 0.500. The summed E-state index contributed by atoms with van der Waals surface area (Å²) in [5, 5.41) is 8.84. The van der Waals surface area contributed by atoms with Crippen molar-refractivity contribution in [3.8, 4) is 0 Å². The molecule has 5 nitrogen and oxygen atoms in total. The van der Waals surface area contributed by atoms with Crippen LogP contribution in [0.2, 0.25) is 0 Å². The minimum absolute atomic E-state index is 0.0470. The van der Waals surface area contributed by atoms with E-state index in [4.69, 9.17) is 0 Å². The molecule has 0 saturated carbocycles. The SMILES string of the molecule is CC(C)S(=O)(=O)CCN1CC(C(=O)O)c2ccccc21. The van der Waals surface area contributed by atoms with E-state index in [2.05, 4.69) is 0 Å². The molecule has 0 bridgehead atoms. The van der Waals surface area contributed by atoms with E-state index in [0.717, 1.165) is 11.3 Å². The van der Waals surface area contributed by atoms with Crippen LogP contribution in [-0.2, 0) is 14.6 Å². The number of hydrogen-bond acceptors (Lipinski definition) is 4. The van der Waals surface area contributed by atoms with Crippen LogP contribution in [0.1, 0.15) is 25.3 Å². The predicted molar refractivity (Wildman–Crippen MR) is 78.0 cm³/mol. The van der Waals surface area contributed by atoms with E-state index in [-0.39, 0.29) is 5.75 Å². The lowest BCUT2D eigenvalue weighted by atomic mass is 10.0. The zero-order valence-corrected chi connectivity index (χ0v) is 12.4. The van der Waals surface area contributed by atoms with Gasteiger partial charge in [0.1, 0.15) is 5.92 Å². The van der Waals surface area contributed by atoms with Crippen molar-refractivity contribution in [2.45, 2.75) is 25.0 Å². The molecule has 0 amide bonds. The van der Waals surface area contributed by atoms with Gasteiger partial charge in [0.25, 0.3) is 0 Å². The lowest BCUT2D eigenvalue weighted by molar-refractivity contribution is -0.138. The molecular weight excluding hydrogens is 278 g/mol. The molecule has 1 heterocycles. The minimum atomic E-state index is -3.12. The molecule has 0 radical (unpaired) electrons. The maximum Gasteiger partial charge on any atom is 0.312 e. The number of benzene rings is 1. The van der Waals surface area contributed by atoms with Gasteiger partial charge >= 0.3 is 5.97 Å². The van der Waals surface area contributed by atoms with Crippen LogP contribution in [0.15, 0.2) is 24.3 Å². The third-order valence-electron chi connectivity index (χ3n) is 3.72. The van der Waals surface area contributed by atoms with Crippen LogP contribution in [0, 0.1) is 0 Å². The van der Waals surface area contributed by atoms with E-state index in [0.29, 0.717) is 13.1 Å². The topological polar surface area (TPSA) is 74.7 Å². The first-order chi connectivity index (χ1) is 9.33. The number of hydrogen-bond donors (Lipinski definition) is 1. The van der Waals surface area contributed by atoms with Crippen molar-refractivity contribution in [2.24, 2.45) is 0 Å². The van der Waals surface area contributed by atoms with Gasteiger partial charge in [-0.05, 0) is 25.5 Å². The highest BCUT2D eigenvalue weighted by molar-refractivity contribution is 7.92. The Morgan fingerprint density at radius 3 is 2.65 bits per heavy atom. The van der Waals surface area contributed by atoms with Gasteiger partial charge in [-0.15, -0.1) is 0 Å². The first-order valence-corrected chi connectivity index (χ1v) is 8.32. The number of nitrogens with zero attached hydrogens (tertiary/aromatic N) is 1. The largest absolute Gasteiger partial charge is 0.481 e. The van der Waals surface area contributed by atoms with Crippen molar-refractivity contribution in [3.05, 3.63) is 29.8 Å². The summed E-state index contributed by atoms with van der Waals surface area (Å²) in [5.74, 6) is -1.40. The minimum Gasteiger partial charge on any atom is -0.481 e. The quantitative estimate of drug-likeness (QED) is 0.891. The predicted octanol–water partition coefficient (Wildman–Crippen LogP) is 1.50. The van der Waals surface area contributed by atoms with Gasteiger partial charge < -0.3 is 10.0 Å². The Balaban J connectivity index is 2.18. The summed E-state index contributed by atoms with van der Waals surface area (Å²) in [6.45, 7) is 3.99. The van der Waals surface area contributed by atoms with E-state index in [1.165, 1.54) is 0 Å². The molecule has 0 saturated heterocycles. The van der Waals surface area contributed by atoms with Gasteiger partial charge in [0.15, 0.2) is 9.84 Å². The standard InChI is InChI=1S/C14H19NO4S/c1-10(2)20(18,19)8-7-15-9-12(14(16)17)11-5-3-4-6-13(11)15/h3-6,10,12H,7-9H2,1-2H3,(H,16,17). The third-order valence-corrected chi connectivity index (χ3v) is 5.91. The summed E-state index contributed by atoms with van der Waals surface area (Å²) in [7, 11) is -3.12. The van der Waals surface area contributed by atoms with Crippen LogP contribution in [0.3, 0.4) is 0 Å². The van der Waals surface area contributed by atoms with Crippen LogP contribution >= 0.6 is 0 Å². The lowest BCUT2D eigenvalue weighted by Gasteiger charge is -2.20. The normalized spacial score (nSPS) is 18.4. The van der Waals surface area contributed by atoms with Gasteiger partial charge in [-0.1, -0.05) is 18.2 Å². The van der Waals surface area contributed by atoms with Gasteiger partial charge in [-0.2, -0.15) is 0 Å². The van der Waals surface area contributed by atoms with Crippen molar-refractivity contribution in [1.82, 2.24) is 0 Å². The maximum atomic E-state index is 11.9. The van der Waals surface area contributed by atoms with Gasteiger partial charge in [-0.25, -0.2) is 8.42 Å². The fourth-order valence-electron chi connectivity index (χ4n) is 2.38. The number of anilines is 1. The van der Waals surface area contributed by atoms with Crippen LogP contribution in [-0.4, -0.2) is 43.6 Å². The van der Waals surface area contributed by atoms with E-state index in [1.807, 2.05) is 23.1 Å². The Morgan fingerprint density at radius 2 is 2.05 bits per heavy atom. The molecule has 1 aliphatic heterocycles. The maximum absolute atomic E-state index is 11.9. The molecule has 20 heavy (non-hydrogen) atoms. The number of para-hydroxylation sites is 1. The van der Waals surface area contributed by atoms with Crippen molar-refractivity contribution >= 4 is 21.5 Å². The van der Waals surface area contributed by atoms with E-state index < -0.39 is 27.0 Å². The van der Waals surface area contributed by atoms with E-state index >= 15 is 0 Å². The molecule has 110 valence electrons.